The van der Waals surface area contributed by atoms with E-state index in [0.717, 1.165) is 6.07 Å². The van der Waals surface area contributed by atoms with E-state index in [1.54, 1.807) is 0 Å². The van der Waals surface area contributed by atoms with Crippen molar-refractivity contribution in [3.05, 3.63) is 39.7 Å². The summed E-state index contributed by atoms with van der Waals surface area (Å²) >= 11 is 0. The van der Waals surface area contributed by atoms with Gasteiger partial charge in [0.15, 0.2) is 0 Å². The molecule has 0 amide bonds. The van der Waals surface area contributed by atoms with E-state index in [0.29, 0.717) is 17.9 Å². The van der Waals surface area contributed by atoms with Gasteiger partial charge in [-0.15, -0.1) is 0 Å². The number of nitro groups is 1. The molecule has 0 fully saturated rings. The second kappa shape index (κ2) is 5.72. The van der Waals surface area contributed by atoms with Crippen LogP contribution in [0.15, 0.2) is 18.2 Å². The topological polar surface area (TPSA) is 55.2 Å². The Kier molecular flexibility index (Phi) is 4.57. The number of nitrogens with zero attached hydrogens (tertiary/aromatic N) is 1. The van der Waals surface area contributed by atoms with E-state index in [1.165, 1.54) is 12.1 Å². The fraction of sp³-hybridized carbons (Fsp3) is 0.500. The molecule has 0 saturated heterocycles. The fourth-order valence-corrected chi connectivity index (χ4v) is 1.72. The van der Waals surface area contributed by atoms with Crippen LogP contribution in [0.1, 0.15) is 19.4 Å². The molecule has 0 aliphatic carbocycles. The highest BCUT2D eigenvalue weighted by molar-refractivity contribution is 5.34. The van der Waals surface area contributed by atoms with Crippen LogP contribution in [0.2, 0.25) is 0 Å². The highest BCUT2D eigenvalue weighted by Gasteiger charge is 2.16. The number of nitro benzene ring substituents is 1. The van der Waals surface area contributed by atoms with Gasteiger partial charge in [0, 0.05) is 12.1 Å². The molecular weight excluding hydrogens is 223 g/mol. The van der Waals surface area contributed by atoms with Gasteiger partial charge in [0.1, 0.15) is 5.82 Å². The first-order chi connectivity index (χ1) is 7.95. The lowest BCUT2D eigenvalue weighted by atomic mass is 9.96. The first kappa shape index (κ1) is 13.6. The number of halogens is 1. The number of likely N-dealkylation sites (N-methyl/N-ethyl adjacent to an activating group) is 1. The molecule has 0 radical (unpaired) electrons. The van der Waals surface area contributed by atoms with Crippen molar-refractivity contribution < 1.29 is 9.31 Å². The maximum absolute atomic E-state index is 13.6. The van der Waals surface area contributed by atoms with E-state index in [-0.39, 0.29) is 11.7 Å². The molecule has 1 unspecified atom stereocenters. The lowest BCUT2D eigenvalue weighted by Gasteiger charge is -2.20. The van der Waals surface area contributed by atoms with Gasteiger partial charge in [-0.2, -0.15) is 0 Å². The Morgan fingerprint density at radius 2 is 2.12 bits per heavy atom. The molecule has 0 aliphatic rings. The van der Waals surface area contributed by atoms with Crippen LogP contribution in [0.4, 0.5) is 10.1 Å². The van der Waals surface area contributed by atoms with Crippen LogP contribution < -0.4 is 5.32 Å². The van der Waals surface area contributed by atoms with E-state index in [9.17, 15) is 14.5 Å². The van der Waals surface area contributed by atoms with Crippen molar-refractivity contribution in [3.63, 3.8) is 0 Å². The molecule has 0 aromatic heterocycles. The number of benzene rings is 1. The first-order valence-electron chi connectivity index (χ1n) is 5.55. The van der Waals surface area contributed by atoms with Crippen molar-refractivity contribution >= 4 is 5.69 Å². The van der Waals surface area contributed by atoms with Gasteiger partial charge in [-0.3, -0.25) is 10.1 Å². The standard InChI is InChI=1S/C12H17FN2O2/c1-8(2)12(14-3)6-9-4-5-10(15(16)17)7-11(9)13/h4-5,7-8,12,14H,6H2,1-3H3. The minimum absolute atomic E-state index is 0.158. The summed E-state index contributed by atoms with van der Waals surface area (Å²) in [4.78, 5) is 9.89. The lowest BCUT2D eigenvalue weighted by Crippen LogP contribution is -2.33. The Balaban J connectivity index is 2.89. The average Bonchev–Trinajstić information content (AvgIpc) is 2.26. The summed E-state index contributed by atoms with van der Waals surface area (Å²) in [7, 11) is 1.83. The van der Waals surface area contributed by atoms with Crippen LogP contribution in [0.5, 0.6) is 0 Å². The molecular formula is C12H17FN2O2. The van der Waals surface area contributed by atoms with Gasteiger partial charge in [0.2, 0.25) is 0 Å². The Morgan fingerprint density at radius 3 is 2.53 bits per heavy atom. The minimum atomic E-state index is -0.592. The average molecular weight is 240 g/mol. The summed E-state index contributed by atoms with van der Waals surface area (Å²) in [6.07, 6.45) is 0.526. The second-order valence-electron chi connectivity index (χ2n) is 4.38. The van der Waals surface area contributed by atoms with Crippen LogP contribution >= 0.6 is 0 Å². The summed E-state index contributed by atoms with van der Waals surface area (Å²) < 4.78 is 13.6. The largest absolute Gasteiger partial charge is 0.316 e. The van der Waals surface area contributed by atoms with Crippen LogP contribution in [0.3, 0.4) is 0 Å². The highest BCUT2D eigenvalue weighted by Crippen LogP contribution is 2.19. The summed E-state index contributed by atoms with van der Waals surface area (Å²) in [5, 5.41) is 13.6. The van der Waals surface area contributed by atoms with Gasteiger partial charge in [-0.25, -0.2) is 4.39 Å². The molecule has 1 atom stereocenters. The summed E-state index contributed by atoms with van der Waals surface area (Å²) in [5.41, 5.74) is 0.292. The molecule has 5 heteroatoms. The van der Waals surface area contributed by atoms with E-state index < -0.39 is 10.7 Å². The third-order valence-corrected chi connectivity index (χ3v) is 2.86. The molecule has 94 valence electrons. The van der Waals surface area contributed by atoms with Crippen molar-refractivity contribution in [2.24, 2.45) is 5.92 Å². The molecule has 4 nitrogen and oxygen atoms in total. The maximum Gasteiger partial charge on any atom is 0.272 e. The van der Waals surface area contributed by atoms with Gasteiger partial charge in [0.05, 0.1) is 11.0 Å². The quantitative estimate of drug-likeness (QED) is 0.635. The summed E-state index contributed by atoms with van der Waals surface area (Å²) in [5.74, 6) is -0.144. The normalized spacial score (nSPS) is 12.8. The predicted molar refractivity (Wildman–Crippen MR) is 64.4 cm³/mol. The number of hydrogen-bond donors (Lipinski definition) is 1. The number of rotatable bonds is 5. The molecule has 0 spiro atoms. The third-order valence-electron chi connectivity index (χ3n) is 2.86. The monoisotopic (exact) mass is 240 g/mol. The number of hydrogen-bond acceptors (Lipinski definition) is 3. The molecule has 0 aliphatic heterocycles. The van der Waals surface area contributed by atoms with Gasteiger partial charge >= 0.3 is 0 Å². The molecule has 1 aromatic carbocycles. The van der Waals surface area contributed by atoms with Gasteiger partial charge in [-0.05, 0) is 31.0 Å². The maximum atomic E-state index is 13.6. The molecule has 1 rings (SSSR count). The smallest absolute Gasteiger partial charge is 0.272 e. The van der Waals surface area contributed by atoms with Crippen LogP contribution in [0, 0.1) is 21.8 Å². The summed E-state index contributed by atoms with van der Waals surface area (Å²) in [6, 6.07) is 3.96. The van der Waals surface area contributed by atoms with Crippen molar-refractivity contribution in [1.82, 2.24) is 5.32 Å². The number of nitrogens with one attached hydrogen (secondary N) is 1. The third kappa shape index (κ3) is 3.49. The Bertz CT molecular complexity index is 407. The second-order valence-corrected chi connectivity index (χ2v) is 4.38. The zero-order chi connectivity index (χ0) is 13.0. The Morgan fingerprint density at radius 1 is 1.47 bits per heavy atom. The fourth-order valence-electron chi connectivity index (χ4n) is 1.72. The van der Waals surface area contributed by atoms with Gasteiger partial charge in [0.25, 0.3) is 5.69 Å². The van der Waals surface area contributed by atoms with Gasteiger partial charge in [-0.1, -0.05) is 13.8 Å². The van der Waals surface area contributed by atoms with Crippen LogP contribution in [0.25, 0.3) is 0 Å². The predicted octanol–water partition coefficient (Wildman–Crippen LogP) is 2.52. The first-order valence-corrected chi connectivity index (χ1v) is 5.55. The van der Waals surface area contributed by atoms with Crippen molar-refractivity contribution in [3.8, 4) is 0 Å². The zero-order valence-corrected chi connectivity index (χ0v) is 10.2. The van der Waals surface area contributed by atoms with E-state index in [4.69, 9.17) is 0 Å². The van der Waals surface area contributed by atoms with E-state index in [2.05, 4.69) is 5.32 Å². The molecule has 1 N–H and O–H groups in total. The summed E-state index contributed by atoms with van der Waals surface area (Å²) in [6.45, 7) is 4.09. The zero-order valence-electron chi connectivity index (χ0n) is 10.2. The SMILES string of the molecule is CNC(Cc1ccc([N+](=O)[O-])cc1F)C(C)C. The lowest BCUT2D eigenvalue weighted by molar-refractivity contribution is -0.385. The molecule has 0 saturated carbocycles. The van der Waals surface area contributed by atoms with E-state index >= 15 is 0 Å². The minimum Gasteiger partial charge on any atom is -0.316 e. The molecule has 1 aromatic rings. The number of non-ortho nitro benzene ring substituents is 1. The Labute approximate surface area is 100.0 Å². The Hall–Kier alpha value is -1.49. The van der Waals surface area contributed by atoms with Crippen LogP contribution in [-0.4, -0.2) is 18.0 Å². The van der Waals surface area contributed by atoms with Gasteiger partial charge < -0.3 is 5.32 Å². The molecule has 0 bridgehead atoms. The highest BCUT2D eigenvalue weighted by atomic mass is 19.1. The van der Waals surface area contributed by atoms with Crippen molar-refractivity contribution in [2.45, 2.75) is 26.3 Å². The van der Waals surface area contributed by atoms with Crippen molar-refractivity contribution in [2.75, 3.05) is 7.05 Å². The van der Waals surface area contributed by atoms with Crippen LogP contribution in [-0.2, 0) is 6.42 Å². The molecule has 17 heavy (non-hydrogen) atoms. The van der Waals surface area contributed by atoms with Crippen molar-refractivity contribution in [1.29, 1.82) is 0 Å². The van der Waals surface area contributed by atoms with E-state index in [1.807, 2.05) is 20.9 Å². The molecule has 0 heterocycles.